The lowest BCUT2D eigenvalue weighted by Crippen LogP contribution is -2.37. The third-order valence-corrected chi connectivity index (χ3v) is 4.03. The van der Waals surface area contributed by atoms with Crippen LogP contribution in [0.3, 0.4) is 0 Å². The van der Waals surface area contributed by atoms with Crippen LogP contribution in [0, 0.1) is 0 Å². The molecule has 20 heavy (non-hydrogen) atoms. The Hall–Kier alpha value is -1.46. The Morgan fingerprint density at radius 3 is 2.90 bits per heavy atom. The minimum absolute atomic E-state index is 0.127. The molecule has 0 radical (unpaired) electrons. The topological polar surface area (TPSA) is 56.7 Å². The Balaban J connectivity index is 1.95. The van der Waals surface area contributed by atoms with Gasteiger partial charge in [-0.25, -0.2) is 9.78 Å². The summed E-state index contributed by atoms with van der Waals surface area (Å²) in [5.74, 6) is -0.964. The number of pyridine rings is 1. The van der Waals surface area contributed by atoms with Crippen molar-refractivity contribution in [1.29, 1.82) is 0 Å². The summed E-state index contributed by atoms with van der Waals surface area (Å²) in [5, 5.41) is 8.97. The summed E-state index contributed by atoms with van der Waals surface area (Å²) in [6.45, 7) is 9.53. The number of carboxylic acids is 1. The van der Waals surface area contributed by atoms with Gasteiger partial charge in [0, 0.05) is 31.9 Å². The highest BCUT2D eigenvalue weighted by molar-refractivity contribution is 5.85. The molecule has 1 aliphatic rings. The molecule has 2 rings (SSSR count). The van der Waals surface area contributed by atoms with Crippen LogP contribution < -0.4 is 0 Å². The van der Waals surface area contributed by atoms with Crippen LogP contribution in [-0.2, 0) is 6.54 Å². The summed E-state index contributed by atoms with van der Waals surface area (Å²) in [6.07, 6.45) is 2.77. The molecule has 5 heteroatoms. The fourth-order valence-electron chi connectivity index (χ4n) is 2.94. The number of aromatic carboxylic acids is 1. The Morgan fingerprint density at radius 1 is 1.50 bits per heavy atom. The minimum Gasteiger partial charge on any atom is -0.477 e. The number of hydrogen-bond acceptors (Lipinski definition) is 4. The summed E-state index contributed by atoms with van der Waals surface area (Å²) in [7, 11) is 0. The zero-order valence-corrected chi connectivity index (χ0v) is 12.2. The minimum atomic E-state index is -0.964. The quantitative estimate of drug-likeness (QED) is 0.857. The molecule has 0 amide bonds. The Labute approximate surface area is 120 Å². The van der Waals surface area contributed by atoms with Gasteiger partial charge >= 0.3 is 5.97 Å². The van der Waals surface area contributed by atoms with Crippen molar-refractivity contribution in [3.8, 4) is 0 Å². The average Bonchev–Trinajstić information content (AvgIpc) is 2.89. The van der Waals surface area contributed by atoms with E-state index in [4.69, 9.17) is 5.11 Å². The highest BCUT2D eigenvalue weighted by Gasteiger charge is 2.26. The second kappa shape index (κ2) is 6.81. The Bertz CT molecular complexity index is 460. The Morgan fingerprint density at radius 2 is 2.25 bits per heavy atom. The van der Waals surface area contributed by atoms with Gasteiger partial charge in [-0.2, -0.15) is 0 Å². The van der Waals surface area contributed by atoms with E-state index in [0.717, 1.165) is 38.3 Å². The molecule has 0 bridgehead atoms. The predicted octanol–water partition coefficient (Wildman–Crippen LogP) is 1.70. The van der Waals surface area contributed by atoms with Crippen LogP contribution in [0.2, 0.25) is 0 Å². The number of carboxylic acid groups (broad SMARTS) is 1. The molecular weight excluding hydrogens is 254 g/mol. The maximum absolute atomic E-state index is 10.9. The number of rotatable bonds is 6. The van der Waals surface area contributed by atoms with Crippen LogP contribution in [0.4, 0.5) is 0 Å². The normalized spacial score (nSPS) is 19.6. The average molecular weight is 277 g/mol. The first-order chi connectivity index (χ1) is 9.63. The molecule has 1 aromatic rings. The SMILES string of the molecule is CCN(CC)C1CCN(Cc2ccnc(C(=O)O)c2)C1. The van der Waals surface area contributed by atoms with E-state index in [9.17, 15) is 4.79 Å². The second-order valence-corrected chi connectivity index (χ2v) is 5.25. The van der Waals surface area contributed by atoms with E-state index in [1.165, 1.54) is 6.42 Å². The summed E-state index contributed by atoms with van der Waals surface area (Å²) >= 11 is 0. The van der Waals surface area contributed by atoms with Crippen molar-refractivity contribution < 1.29 is 9.90 Å². The van der Waals surface area contributed by atoms with Crippen LogP contribution in [0.15, 0.2) is 18.3 Å². The smallest absolute Gasteiger partial charge is 0.354 e. The maximum atomic E-state index is 10.9. The molecule has 0 aliphatic carbocycles. The number of nitrogens with zero attached hydrogens (tertiary/aromatic N) is 3. The predicted molar refractivity (Wildman–Crippen MR) is 77.8 cm³/mol. The van der Waals surface area contributed by atoms with Gasteiger partial charge in [-0.15, -0.1) is 0 Å². The second-order valence-electron chi connectivity index (χ2n) is 5.25. The van der Waals surface area contributed by atoms with Crippen molar-refractivity contribution >= 4 is 5.97 Å². The van der Waals surface area contributed by atoms with Gasteiger partial charge in [0.25, 0.3) is 0 Å². The largest absolute Gasteiger partial charge is 0.477 e. The molecule has 1 fully saturated rings. The number of carbonyl (C=O) groups is 1. The molecule has 0 saturated carbocycles. The molecule has 1 N–H and O–H groups in total. The van der Waals surface area contributed by atoms with Crippen LogP contribution in [-0.4, -0.2) is 58.1 Å². The van der Waals surface area contributed by atoms with Crippen molar-refractivity contribution in [3.63, 3.8) is 0 Å². The summed E-state index contributed by atoms with van der Waals surface area (Å²) in [4.78, 5) is 19.7. The summed E-state index contributed by atoms with van der Waals surface area (Å²) in [6, 6.07) is 4.20. The molecule has 1 aromatic heterocycles. The summed E-state index contributed by atoms with van der Waals surface area (Å²) in [5.41, 5.74) is 1.15. The molecule has 5 nitrogen and oxygen atoms in total. The number of aromatic nitrogens is 1. The van der Waals surface area contributed by atoms with Crippen LogP contribution in [0.5, 0.6) is 0 Å². The standard InChI is InChI=1S/C15H23N3O2/c1-3-18(4-2)13-6-8-17(11-13)10-12-5-7-16-14(9-12)15(19)20/h5,7,9,13H,3-4,6,8,10-11H2,1-2H3,(H,19,20). The lowest BCUT2D eigenvalue weighted by Gasteiger charge is -2.26. The van der Waals surface area contributed by atoms with E-state index in [1.807, 2.05) is 6.07 Å². The van der Waals surface area contributed by atoms with E-state index in [-0.39, 0.29) is 5.69 Å². The van der Waals surface area contributed by atoms with Gasteiger partial charge in [-0.3, -0.25) is 9.80 Å². The van der Waals surface area contributed by atoms with Crippen molar-refractivity contribution in [2.45, 2.75) is 32.9 Å². The zero-order chi connectivity index (χ0) is 14.5. The maximum Gasteiger partial charge on any atom is 0.354 e. The lowest BCUT2D eigenvalue weighted by atomic mass is 10.2. The van der Waals surface area contributed by atoms with Crippen LogP contribution in [0.25, 0.3) is 0 Å². The van der Waals surface area contributed by atoms with E-state index >= 15 is 0 Å². The first kappa shape index (κ1) is 14.9. The first-order valence-electron chi connectivity index (χ1n) is 7.28. The van der Waals surface area contributed by atoms with Crippen LogP contribution >= 0.6 is 0 Å². The van der Waals surface area contributed by atoms with Gasteiger partial charge in [0.2, 0.25) is 0 Å². The highest BCUT2D eigenvalue weighted by Crippen LogP contribution is 2.18. The fourth-order valence-corrected chi connectivity index (χ4v) is 2.94. The third kappa shape index (κ3) is 3.55. The number of hydrogen-bond donors (Lipinski definition) is 1. The zero-order valence-electron chi connectivity index (χ0n) is 12.2. The lowest BCUT2D eigenvalue weighted by molar-refractivity contribution is 0.0690. The molecule has 2 heterocycles. The first-order valence-corrected chi connectivity index (χ1v) is 7.28. The molecule has 1 unspecified atom stereocenters. The molecular formula is C15H23N3O2. The van der Waals surface area contributed by atoms with Crippen molar-refractivity contribution in [2.24, 2.45) is 0 Å². The number of likely N-dealkylation sites (tertiary alicyclic amines) is 1. The van der Waals surface area contributed by atoms with Crippen molar-refractivity contribution in [3.05, 3.63) is 29.6 Å². The molecule has 1 aliphatic heterocycles. The molecule has 1 saturated heterocycles. The van der Waals surface area contributed by atoms with E-state index in [1.54, 1.807) is 12.3 Å². The van der Waals surface area contributed by atoms with Gasteiger partial charge in [0.1, 0.15) is 5.69 Å². The van der Waals surface area contributed by atoms with E-state index in [0.29, 0.717) is 6.04 Å². The van der Waals surface area contributed by atoms with Gasteiger partial charge in [0.05, 0.1) is 0 Å². The van der Waals surface area contributed by atoms with Gasteiger partial charge in [-0.1, -0.05) is 13.8 Å². The van der Waals surface area contributed by atoms with Crippen molar-refractivity contribution in [2.75, 3.05) is 26.2 Å². The van der Waals surface area contributed by atoms with E-state index in [2.05, 4.69) is 28.6 Å². The number of likely N-dealkylation sites (N-methyl/N-ethyl adjacent to an activating group) is 1. The fraction of sp³-hybridized carbons (Fsp3) is 0.600. The monoisotopic (exact) mass is 277 g/mol. The molecule has 0 aromatic carbocycles. The van der Waals surface area contributed by atoms with Gasteiger partial charge in [0.15, 0.2) is 0 Å². The summed E-state index contributed by atoms with van der Waals surface area (Å²) < 4.78 is 0. The van der Waals surface area contributed by atoms with Crippen molar-refractivity contribution in [1.82, 2.24) is 14.8 Å². The van der Waals surface area contributed by atoms with Gasteiger partial charge < -0.3 is 5.11 Å². The molecule has 110 valence electrons. The van der Waals surface area contributed by atoms with Gasteiger partial charge in [-0.05, 0) is 37.2 Å². The highest BCUT2D eigenvalue weighted by atomic mass is 16.4. The molecule has 0 spiro atoms. The third-order valence-electron chi connectivity index (χ3n) is 4.03. The molecule has 1 atom stereocenters. The Kier molecular flexibility index (Phi) is 5.09. The van der Waals surface area contributed by atoms with Crippen LogP contribution in [0.1, 0.15) is 36.3 Å². The van der Waals surface area contributed by atoms with E-state index < -0.39 is 5.97 Å².